The van der Waals surface area contributed by atoms with Crippen LogP contribution < -0.4 is 0 Å². The van der Waals surface area contributed by atoms with Crippen molar-refractivity contribution in [1.82, 2.24) is 4.98 Å². The minimum absolute atomic E-state index is 0.298. The number of rotatable bonds is 1. The summed E-state index contributed by atoms with van der Waals surface area (Å²) in [6, 6.07) is 26.6. The fourth-order valence-corrected chi connectivity index (χ4v) is 3.60. The number of phenolic OH excluding ortho intramolecular Hbond substituents is 1. The molecule has 2 nitrogen and oxygen atoms in total. The normalized spacial score (nSPS) is 11.5. The number of H-pyrrole nitrogens is 1. The van der Waals surface area contributed by atoms with E-state index in [4.69, 9.17) is 0 Å². The molecule has 0 aliphatic rings. The minimum atomic E-state index is 0.298. The summed E-state index contributed by atoms with van der Waals surface area (Å²) < 4.78 is 0. The topological polar surface area (TPSA) is 36.0 Å². The molecule has 0 spiro atoms. The van der Waals surface area contributed by atoms with Crippen LogP contribution in [0.25, 0.3) is 43.7 Å². The fraction of sp³-hybridized carbons (Fsp3) is 0. The van der Waals surface area contributed by atoms with E-state index in [2.05, 4.69) is 59.6 Å². The first-order valence-corrected chi connectivity index (χ1v) is 8.03. The highest BCUT2D eigenvalue weighted by atomic mass is 16.3. The van der Waals surface area contributed by atoms with Gasteiger partial charge in [0, 0.05) is 21.9 Å². The van der Waals surface area contributed by atoms with E-state index in [1.807, 2.05) is 18.2 Å². The van der Waals surface area contributed by atoms with Gasteiger partial charge < -0.3 is 10.1 Å². The summed E-state index contributed by atoms with van der Waals surface area (Å²) in [7, 11) is 0. The van der Waals surface area contributed by atoms with Crippen molar-refractivity contribution in [2.75, 3.05) is 0 Å². The van der Waals surface area contributed by atoms with Crippen molar-refractivity contribution in [2.45, 2.75) is 0 Å². The number of aromatic amines is 1. The molecule has 5 rings (SSSR count). The summed E-state index contributed by atoms with van der Waals surface area (Å²) in [6.07, 6.45) is 0. The molecule has 0 bridgehead atoms. The Labute approximate surface area is 139 Å². The van der Waals surface area contributed by atoms with Gasteiger partial charge in [0.15, 0.2) is 0 Å². The van der Waals surface area contributed by atoms with Crippen molar-refractivity contribution in [3.8, 4) is 16.9 Å². The highest BCUT2D eigenvalue weighted by molar-refractivity contribution is 6.22. The van der Waals surface area contributed by atoms with Gasteiger partial charge in [0.1, 0.15) is 5.75 Å². The Morgan fingerprint density at radius 2 is 1.58 bits per heavy atom. The summed E-state index contributed by atoms with van der Waals surface area (Å²) in [4.78, 5) is 3.59. The molecule has 24 heavy (non-hydrogen) atoms. The molecule has 0 radical (unpaired) electrons. The lowest BCUT2D eigenvalue weighted by molar-refractivity contribution is 0.476. The van der Waals surface area contributed by atoms with Gasteiger partial charge in [0.05, 0.1) is 5.52 Å². The molecule has 1 heterocycles. The van der Waals surface area contributed by atoms with Gasteiger partial charge in [0.2, 0.25) is 0 Å². The molecule has 0 unspecified atom stereocenters. The molecule has 0 aliphatic carbocycles. The quantitative estimate of drug-likeness (QED) is 0.400. The van der Waals surface area contributed by atoms with Crippen LogP contribution in [-0.2, 0) is 0 Å². The number of benzene rings is 4. The Morgan fingerprint density at radius 3 is 2.46 bits per heavy atom. The first kappa shape index (κ1) is 13.2. The second-order valence-corrected chi connectivity index (χ2v) is 6.11. The van der Waals surface area contributed by atoms with E-state index in [-0.39, 0.29) is 0 Å². The number of hydrogen-bond acceptors (Lipinski definition) is 1. The van der Waals surface area contributed by atoms with Gasteiger partial charge in [-0.3, -0.25) is 0 Å². The van der Waals surface area contributed by atoms with E-state index >= 15 is 0 Å². The molecule has 0 atom stereocenters. The number of aromatic hydroxyl groups is 1. The summed E-state index contributed by atoms with van der Waals surface area (Å²) >= 11 is 0. The zero-order valence-corrected chi connectivity index (χ0v) is 13.0. The van der Waals surface area contributed by atoms with Crippen molar-refractivity contribution in [2.24, 2.45) is 0 Å². The molecular formula is C22H15NO. The van der Waals surface area contributed by atoms with Crippen LogP contribution in [-0.4, -0.2) is 10.1 Å². The van der Waals surface area contributed by atoms with Crippen molar-refractivity contribution >= 4 is 32.6 Å². The average Bonchev–Trinajstić information content (AvgIpc) is 3.01. The smallest absolute Gasteiger partial charge is 0.116 e. The molecule has 0 saturated carbocycles. The zero-order chi connectivity index (χ0) is 16.1. The molecule has 0 aliphatic heterocycles. The Bertz CT molecular complexity index is 1200. The fourth-order valence-electron chi connectivity index (χ4n) is 3.60. The predicted octanol–water partition coefficient (Wildman–Crippen LogP) is 5.85. The Kier molecular flexibility index (Phi) is 2.68. The lowest BCUT2D eigenvalue weighted by Gasteiger charge is -2.04. The number of phenols is 1. The minimum Gasteiger partial charge on any atom is -0.508 e. The van der Waals surface area contributed by atoms with Gasteiger partial charge in [-0.1, -0.05) is 60.7 Å². The molecule has 1 aromatic heterocycles. The lowest BCUT2D eigenvalue weighted by Crippen LogP contribution is -1.79. The molecule has 5 aromatic rings. The third-order valence-electron chi connectivity index (χ3n) is 4.68. The van der Waals surface area contributed by atoms with Crippen LogP contribution in [0.15, 0.2) is 78.9 Å². The number of para-hydroxylation sites is 1. The molecule has 0 fully saturated rings. The molecule has 0 amide bonds. The van der Waals surface area contributed by atoms with Gasteiger partial charge in [0.25, 0.3) is 0 Å². The van der Waals surface area contributed by atoms with E-state index in [9.17, 15) is 5.11 Å². The van der Waals surface area contributed by atoms with Gasteiger partial charge in [-0.05, 0) is 34.5 Å². The van der Waals surface area contributed by atoms with Crippen LogP contribution in [0.4, 0.5) is 0 Å². The van der Waals surface area contributed by atoms with Crippen LogP contribution in [0.1, 0.15) is 0 Å². The Hall–Kier alpha value is -3.26. The van der Waals surface area contributed by atoms with Crippen LogP contribution in [0.5, 0.6) is 5.75 Å². The molecule has 0 saturated heterocycles. The third-order valence-corrected chi connectivity index (χ3v) is 4.68. The van der Waals surface area contributed by atoms with Gasteiger partial charge in [-0.2, -0.15) is 0 Å². The first-order chi connectivity index (χ1) is 11.8. The standard InChI is InChI=1S/C22H15NO/c24-16-10-11-17-15(13-16)9-12-20-21(17)19-8-4-7-18(22(19)23-20)14-5-2-1-3-6-14/h1-13,23-24H. The summed E-state index contributed by atoms with van der Waals surface area (Å²) in [5.41, 5.74) is 4.68. The Morgan fingerprint density at radius 1 is 0.708 bits per heavy atom. The SMILES string of the molecule is Oc1ccc2c(ccc3[nH]c4c(-c5ccccc5)cccc4c32)c1. The van der Waals surface area contributed by atoms with E-state index in [1.165, 1.54) is 21.9 Å². The predicted molar refractivity (Wildman–Crippen MR) is 100 cm³/mol. The molecule has 4 aromatic carbocycles. The molecular weight excluding hydrogens is 294 g/mol. The van der Waals surface area contributed by atoms with E-state index in [0.717, 1.165) is 21.8 Å². The van der Waals surface area contributed by atoms with Crippen molar-refractivity contribution in [1.29, 1.82) is 0 Å². The van der Waals surface area contributed by atoms with Gasteiger partial charge in [-0.15, -0.1) is 0 Å². The Balaban J connectivity index is 1.94. The number of fused-ring (bicyclic) bond motifs is 5. The third kappa shape index (κ3) is 1.83. The largest absolute Gasteiger partial charge is 0.508 e. The van der Waals surface area contributed by atoms with Gasteiger partial charge in [-0.25, -0.2) is 0 Å². The number of nitrogens with one attached hydrogen (secondary N) is 1. The van der Waals surface area contributed by atoms with E-state index in [1.54, 1.807) is 6.07 Å². The monoisotopic (exact) mass is 309 g/mol. The second-order valence-electron chi connectivity index (χ2n) is 6.11. The van der Waals surface area contributed by atoms with Crippen molar-refractivity contribution < 1.29 is 5.11 Å². The molecule has 2 heteroatoms. The molecule has 2 N–H and O–H groups in total. The lowest BCUT2D eigenvalue weighted by atomic mass is 10.00. The highest BCUT2D eigenvalue weighted by Gasteiger charge is 2.12. The molecule has 114 valence electrons. The highest BCUT2D eigenvalue weighted by Crippen LogP contribution is 2.37. The van der Waals surface area contributed by atoms with Crippen LogP contribution in [0, 0.1) is 0 Å². The van der Waals surface area contributed by atoms with Crippen LogP contribution in [0.2, 0.25) is 0 Å². The summed E-state index contributed by atoms with van der Waals surface area (Å²) in [5.74, 6) is 0.298. The maximum atomic E-state index is 9.75. The van der Waals surface area contributed by atoms with E-state index < -0.39 is 0 Å². The average molecular weight is 309 g/mol. The second kappa shape index (κ2) is 4.87. The first-order valence-electron chi connectivity index (χ1n) is 8.03. The van der Waals surface area contributed by atoms with E-state index in [0.29, 0.717) is 5.75 Å². The maximum Gasteiger partial charge on any atom is 0.116 e. The van der Waals surface area contributed by atoms with Crippen molar-refractivity contribution in [3.63, 3.8) is 0 Å². The summed E-state index contributed by atoms with van der Waals surface area (Å²) in [6.45, 7) is 0. The van der Waals surface area contributed by atoms with Gasteiger partial charge >= 0.3 is 0 Å². The van der Waals surface area contributed by atoms with Crippen LogP contribution in [0.3, 0.4) is 0 Å². The number of aromatic nitrogens is 1. The zero-order valence-electron chi connectivity index (χ0n) is 13.0. The van der Waals surface area contributed by atoms with Crippen LogP contribution >= 0.6 is 0 Å². The number of hydrogen-bond donors (Lipinski definition) is 2. The van der Waals surface area contributed by atoms with Crippen molar-refractivity contribution in [3.05, 3.63) is 78.9 Å². The maximum absolute atomic E-state index is 9.75. The summed E-state index contributed by atoms with van der Waals surface area (Å²) in [5, 5.41) is 14.4.